The number of halogens is 1. The second-order valence-electron chi connectivity index (χ2n) is 11.7. The Labute approximate surface area is 224 Å². The van der Waals surface area contributed by atoms with Gasteiger partial charge in [-0.25, -0.2) is 4.39 Å². The highest BCUT2D eigenvalue weighted by atomic mass is 19.1. The van der Waals surface area contributed by atoms with Crippen LogP contribution in [-0.4, -0.2) is 90.7 Å². The molecule has 8 nitrogen and oxygen atoms in total. The first-order chi connectivity index (χ1) is 18.1. The predicted octanol–water partition coefficient (Wildman–Crippen LogP) is 2.35. The quantitative estimate of drug-likeness (QED) is 0.627. The van der Waals surface area contributed by atoms with E-state index in [9.17, 15) is 14.0 Å². The normalized spacial score (nSPS) is 25.5. The number of carbonyl (C=O) groups is 2. The number of rotatable bonds is 6. The Hall–Kier alpha value is -2.88. The fraction of sp³-hybridized carbons (Fsp3) is 0.552. The molecule has 38 heavy (non-hydrogen) atoms. The number of morpholine rings is 1. The van der Waals surface area contributed by atoms with Crippen LogP contribution in [0.15, 0.2) is 36.5 Å². The fourth-order valence-corrected chi connectivity index (χ4v) is 5.80. The first-order valence-electron chi connectivity index (χ1n) is 13.5. The van der Waals surface area contributed by atoms with Crippen molar-refractivity contribution in [3.05, 3.63) is 59.2 Å². The van der Waals surface area contributed by atoms with E-state index in [0.717, 1.165) is 35.6 Å². The van der Waals surface area contributed by atoms with Gasteiger partial charge in [-0.1, -0.05) is 26.0 Å². The van der Waals surface area contributed by atoms with Crippen LogP contribution in [0.4, 0.5) is 10.1 Å². The first-order valence-corrected chi connectivity index (χ1v) is 13.5. The molecule has 0 aliphatic carbocycles. The third-order valence-electron chi connectivity index (χ3n) is 7.85. The number of aromatic nitrogens is 1. The van der Waals surface area contributed by atoms with Crippen molar-refractivity contribution in [2.75, 3.05) is 50.8 Å². The van der Waals surface area contributed by atoms with E-state index in [4.69, 9.17) is 9.72 Å². The van der Waals surface area contributed by atoms with E-state index < -0.39 is 0 Å². The van der Waals surface area contributed by atoms with Gasteiger partial charge in [-0.15, -0.1) is 0 Å². The molecule has 2 fully saturated rings. The summed E-state index contributed by atoms with van der Waals surface area (Å²) in [5.74, 6) is -0.214. The molecule has 204 valence electrons. The second kappa shape index (κ2) is 10.7. The summed E-state index contributed by atoms with van der Waals surface area (Å²) in [7, 11) is 0. The number of pyridine rings is 1. The molecule has 9 heteroatoms. The van der Waals surface area contributed by atoms with Crippen LogP contribution in [0, 0.1) is 5.82 Å². The molecule has 3 aliphatic heterocycles. The van der Waals surface area contributed by atoms with Crippen LogP contribution in [0.2, 0.25) is 0 Å². The number of piperazine rings is 1. The number of hydrogen-bond acceptors (Lipinski definition) is 6. The molecule has 1 aromatic carbocycles. The van der Waals surface area contributed by atoms with Gasteiger partial charge >= 0.3 is 0 Å². The minimum Gasteiger partial charge on any atom is -0.367 e. The third-order valence-corrected chi connectivity index (χ3v) is 7.85. The summed E-state index contributed by atoms with van der Waals surface area (Å²) >= 11 is 0. The molecule has 2 saturated heterocycles. The first kappa shape index (κ1) is 26.7. The van der Waals surface area contributed by atoms with Crippen LogP contribution in [0.25, 0.3) is 0 Å². The second-order valence-corrected chi connectivity index (χ2v) is 11.7. The van der Waals surface area contributed by atoms with Crippen molar-refractivity contribution in [2.24, 2.45) is 0 Å². The van der Waals surface area contributed by atoms with Gasteiger partial charge in [-0.2, -0.15) is 0 Å². The third kappa shape index (κ3) is 5.75. The molecule has 0 bridgehead atoms. The van der Waals surface area contributed by atoms with E-state index in [-0.39, 0.29) is 54.4 Å². The Morgan fingerprint density at radius 1 is 1.18 bits per heavy atom. The SMILES string of the molecule is C[C@@H]1CN(CC(=O)N2CC(C)(C)c3ncc(Cc4ccc(F)cc4)cc32)[C@@H](CN2C[C@@H](C)OCC2=O)CN1. The number of ether oxygens (including phenoxy) is 1. The number of hydrogen-bond donors (Lipinski definition) is 1. The van der Waals surface area contributed by atoms with Gasteiger partial charge in [0.2, 0.25) is 11.8 Å². The largest absolute Gasteiger partial charge is 0.367 e. The molecule has 0 unspecified atom stereocenters. The Morgan fingerprint density at radius 3 is 2.71 bits per heavy atom. The van der Waals surface area contributed by atoms with Gasteiger partial charge in [0, 0.05) is 56.4 Å². The van der Waals surface area contributed by atoms with Gasteiger partial charge < -0.3 is 19.9 Å². The van der Waals surface area contributed by atoms with E-state index in [1.54, 1.807) is 12.1 Å². The van der Waals surface area contributed by atoms with E-state index >= 15 is 0 Å². The predicted molar refractivity (Wildman–Crippen MR) is 144 cm³/mol. The summed E-state index contributed by atoms with van der Waals surface area (Å²) in [6.07, 6.45) is 2.50. The molecule has 3 aliphatic rings. The summed E-state index contributed by atoms with van der Waals surface area (Å²) in [6.45, 7) is 11.9. The Kier molecular flexibility index (Phi) is 7.53. The summed E-state index contributed by atoms with van der Waals surface area (Å²) in [6, 6.07) is 8.84. The van der Waals surface area contributed by atoms with E-state index in [1.807, 2.05) is 22.9 Å². The van der Waals surface area contributed by atoms with Crippen LogP contribution in [0.1, 0.15) is 44.5 Å². The standard InChI is InChI=1S/C29H38FN5O3/c1-19-13-33(24(12-31-19)15-34-14-20(2)38-17-27(34)37)16-26(36)35-18-29(3,4)28-25(35)10-22(11-32-28)9-21-5-7-23(30)8-6-21/h5-8,10-11,19-20,24,31H,9,12-18H2,1-4H3/t19-,20-,24-/m1/s1. The van der Waals surface area contributed by atoms with Gasteiger partial charge in [0.25, 0.3) is 0 Å². The number of benzene rings is 1. The maximum atomic E-state index is 13.8. The monoisotopic (exact) mass is 523 g/mol. The summed E-state index contributed by atoms with van der Waals surface area (Å²) in [5, 5.41) is 3.51. The van der Waals surface area contributed by atoms with Gasteiger partial charge in [-0.3, -0.25) is 19.5 Å². The van der Waals surface area contributed by atoms with E-state index in [2.05, 4.69) is 37.1 Å². The minimum absolute atomic E-state index is 0.00276. The molecule has 0 radical (unpaired) electrons. The van der Waals surface area contributed by atoms with Gasteiger partial charge in [0.15, 0.2) is 0 Å². The molecule has 5 rings (SSSR count). The average Bonchev–Trinajstić information content (AvgIpc) is 3.14. The molecular formula is C29H38FN5O3. The lowest BCUT2D eigenvalue weighted by molar-refractivity contribution is -0.149. The van der Waals surface area contributed by atoms with Crippen LogP contribution >= 0.6 is 0 Å². The lowest BCUT2D eigenvalue weighted by Gasteiger charge is -2.42. The molecule has 2 aromatic rings. The molecule has 0 saturated carbocycles. The average molecular weight is 524 g/mol. The highest BCUT2D eigenvalue weighted by Crippen LogP contribution is 2.39. The summed E-state index contributed by atoms with van der Waals surface area (Å²) in [4.78, 5) is 37.0. The Bertz CT molecular complexity index is 1190. The summed E-state index contributed by atoms with van der Waals surface area (Å²) in [5.41, 5.74) is 3.50. The molecule has 2 amide bonds. The number of nitrogens with zero attached hydrogens (tertiary/aromatic N) is 4. The van der Waals surface area contributed by atoms with Crippen molar-refractivity contribution in [1.82, 2.24) is 20.1 Å². The lowest BCUT2D eigenvalue weighted by Crippen LogP contribution is -2.62. The van der Waals surface area contributed by atoms with Crippen LogP contribution in [0.5, 0.6) is 0 Å². The maximum Gasteiger partial charge on any atom is 0.248 e. The van der Waals surface area contributed by atoms with Crippen molar-refractivity contribution in [2.45, 2.75) is 57.7 Å². The van der Waals surface area contributed by atoms with Gasteiger partial charge in [0.1, 0.15) is 12.4 Å². The molecule has 0 spiro atoms. The zero-order chi connectivity index (χ0) is 27.0. The zero-order valence-electron chi connectivity index (χ0n) is 22.7. The molecule has 4 heterocycles. The fourth-order valence-electron chi connectivity index (χ4n) is 5.80. The van der Waals surface area contributed by atoms with Crippen molar-refractivity contribution < 1.29 is 18.7 Å². The van der Waals surface area contributed by atoms with Crippen LogP contribution < -0.4 is 10.2 Å². The number of amides is 2. The number of fused-ring (bicyclic) bond motifs is 1. The zero-order valence-corrected chi connectivity index (χ0v) is 22.7. The Morgan fingerprint density at radius 2 is 1.95 bits per heavy atom. The molecular weight excluding hydrogens is 485 g/mol. The van der Waals surface area contributed by atoms with Gasteiger partial charge in [-0.05, 0) is 49.6 Å². The molecule has 3 atom stereocenters. The molecule has 1 aromatic heterocycles. The summed E-state index contributed by atoms with van der Waals surface area (Å²) < 4.78 is 18.8. The van der Waals surface area contributed by atoms with Gasteiger partial charge in [0.05, 0.1) is 24.0 Å². The maximum absolute atomic E-state index is 13.8. The van der Waals surface area contributed by atoms with Crippen molar-refractivity contribution in [3.63, 3.8) is 0 Å². The number of anilines is 1. The van der Waals surface area contributed by atoms with Crippen LogP contribution in [0.3, 0.4) is 0 Å². The van der Waals surface area contributed by atoms with E-state index in [1.165, 1.54) is 12.1 Å². The van der Waals surface area contributed by atoms with Crippen molar-refractivity contribution in [3.8, 4) is 0 Å². The topological polar surface area (TPSA) is 78.0 Å². The molecule has 1 N–H and O–H groups in total. The Balaban J connectivity index is 1.33. The van der Waals surface area contributed by atoms with Crippen LogP contribution in [-0.2, 0) is 26.2 Å². The van der Waals surface area contributed by atoms with E-state index in [0.29, 0.717) is 26.1 Å². The highest BCUT2D eigenvalue weighted by molar-refractivity contribution is 5.97. The highest BCUT2D eigenvalue weighted by Gasteiger charge is 2.41. The lowest BCUT2D eigenvalue weighted by atomic mass is 9.91. The smallest absolute Gasteiger partial charge is 0.248 e. The number of carbonyl (C=O) groups excluding carboxylic acids is 2. The van der Waals surface area contributed by atoms with Crippen molar-refractivity contribution >= 4 is 17.5 Å². The number of nitrogens with one attached hydrogen (secondary N) is 1. The minimum atomic E-state index is -0.258. The van der Waals surface area contributed by atoms with Crippen molar-refractivity contribution in [1.29, 1.82) is 0 Å².